The van der Waals surface area contributed by atoms with E-state index in [1.54, 1.807) is 29.8 Å². The van der Waals surface area contributed by atoms with Gasteiger partial charge < -0.3 is 9.84 Å². The van der Waals surface area contributed by atoms with E-state index in [4.69, 9.17) is 4.74 Å². The van der Waals surface area contributed by atoms with Crippen molar-refractivity contribution in [3.05, 3.63) is 41.9 Å². The van der Waals surface area contributed by atoms with Crippen LogP contribution in [0.2, 0.25) is 0 Å². The van der Waals surface area contributed by atoms with Crippen molar-refractivity contribution in [1.82, 2.24) is 14.6 Å². The summed E-state index contributed by atoms with van der Waals surface area (Å²) in [4.78, 5) is 4.37. The molecule has 102 valence electrons. The van der Waals surface area contributed by atoms with E-state index in [0.29, 0.717) is 11.3 Å². The first kappa shape index (κ1) is 12.5. The second-order valence-electron chi connectivity index (χ2n) is 4.72. The van der Waals surface area contributed by atoms with Gasteiger partial charge >= 0.3 is 0 Å². The van der Waals surface area contributed by atoms with Gasteiger partial charge in [-0.3, -0.25) is 0 Å². The molecule has 0 unspecified atom stereocenters. The van der Waals surface area contributed by atoms with E-state index in [9.17, 15) is 5.11 Å². The molecule has 0 aliphatic rings. The Morgan fingerprint density at radius 3 is 2.75 bits per heavy atom. The Morgan fingerprint density at radius 1 is 1.20 bits per heavy atom. The van der Waals surface area contributed by atoms with Crippen molar-refractivity contribution in [2.75, 3.05) is 7.11 Å². The summed E-state index contributed by atoms with van der Waals surface area (Å²) in [6.45, 7) is 3.83. The number of pyridine rings is 1. The number of nitrogens with zero attached hydrogens (tertiary/aromatic N) is 3. The molecule has 0 aliphatic heterocycles. The number of aromatic nitrogens is 3. The molecule has 0 saturated carbocycles. The second kappa shape index (κ2) is 4.52. The van der Waals surface area contributed by atoms with Crippen molar-refractivity contribution in [3.63, 3.8) is 0 Å². The molecule has 2 heterocycles. The molecular weight excluding hydrogens is 254 g/mol. The molecule has 2 aromatic heterocycles. The van der Waals surface area contributed by atoms with Gasteiger partial charge in [-0.15, -0.1) is 0 Å². The zero-order chi connectivity index (χ0) is 14.3. The maximum absolute atomic E-state index is 10.1. The van der Waals surface area contributed by atoms with Gasteiger partial charge in [-0.2, -0.15) is 5.10 Å². The van der Waals surface area contributed by atoms with E-state index in [0.717, 1.165) is 22.6 Å². The molecule has 3 rings (SSSR count). The van der Waals surface area contributed by atoms with Crippen LogP contribution in [0.25, 0.3) is 16.8 Å². The SMILES string of the molecule is COc1ccc(O)c(-c2cc(C)c3nc(C)nn3c2)c1. The predicted octanol–water partition coefficient (Wildman–Crippen LogP) is 2.73. The van der Waals surface area contributed by atoms with Crippen LogP contribution in [0.3, 0.4) is 0 Å². The number of aryl methyl sites for hydroxylation is 2. The zero-order valence-corrected chi connectivity index (χ0v) is 11.6. The minimum Gasteiger partial charge on any atom is -0.507 e. The lowest BCUT2D eigenvalue weighted by molar-refractivity contribution is 0.412. The Morgan fingerprint density at radius 2 is 2.00 bits per heavy atom. The fraction of sp³-hybridized carbons (Fsp3) is 0.200. The number of methoxy groups -OCH3 is 1. The summed E-state index contributed by atoms with van der Waals surface area (Å²) in [6, 6.07) is 7.14. The molecule has 0 bridgehead atoms. The number of benzene rings is 1. The largest absolute Gasteiger partial charge is 0.507 e. The standard InChI is InChI=1S/C15H15N3O2/c1-9-6-11(8-18-15(9)16-10(2)17-18)13-7-12(20-3)4-5-14(13)19/h4-8,19H,1-3H3. The smallest absolute Gasteiger partial charge is 0.158 e. The molecule has 0 saturated heterocycles. The van der Waals surface area contributed by atoms with E-state index >= 15 is 0 Å². The van der Waals surface area contributed by atoms with Crippen LogP contribution in [0, 0.1) is 13.8 Å². The molecule has 20 heavy (non-hydrogen) atoms. The van der Waals surface area contributed by atoms with Gasteiger partial charge in [0.25, 0.3) is 0 Å². The molecule has 5 heteroatoms. The third kappa shape index (κ3) is 1.97. The van der Waals surface area contributed by atoms with Gasteiger partial charge in [-0.05, 0) is 43.7 Å². The quantitative estimate of drug-likeness (QED) is 0.777. The fourth-order valence-electron chi connectivity index (χ4n) is 2.28. The van der Waals surface area contributed by atoms with E-state index in [-0.39, 0.29) is 5.75 Å². The summed E-state index contributed by atoms with van der Waals surface area (Å²) in [7, 11) is 1.60. The summed E-state index contributed by atoms with van der Waals surface area (Å²) in [5, 5.41) is 14.4. The molecule has 0 radical (unpaired) electrons. The maximum Gasteiger partial charge on any atom is 0.158 e. The Balaban J connectivity index is 2.23. The molecular formula is C15H15N3O2. The topological polar surface area (TPSA) is 59.7 Å². The number of ether oxygens (including phenoxy) is 1. The molecule has 0 atom stereocenters. The maximum atomic E-state index is 10.1. The van der Waals surface area contributed by atoms with Gasteiger partial charge in [-0.1, -0.05) is 0 Å². The van der Waals surface area contributed by atoms with Gasteiger partial charge in [0.2, 0.25) is 0 Å². The first-order valence-electron chi connectivity index (χ1n) is 6.29. The highest BCUT2D eigenvalue weighted by atomic mass is 16.5. The molecule has 0 fully saturated rings. The van der Waals surface area contributed by atoms with Crippen molar-refractivity contribution < 1.29 is 9.84 Å². The lowest BCUT2D eigenvalue weighted by Gasteiger charge is -2.09. The molecule has 0 aliphatic carbocycles. The van der Waals surface area contributed by atoms with E-state index in [1.165, 1.54) is 0 Å². The minimum atomic E-state index is 0.210. The average Bonchev–Trinajstić information content (AvgIpc) is 2.80. The molecule has 1 aromatic carbocycles. The van der Waals surface area contributed by atoms with Crippen LogP contribution in [-0.2, 0) is 0 Å². The number of aromatic hydroxyl groups is 1. The van der Waals surface area contributed by atoms with Crippen molar-refractivity contribution >= 4 is 5.65 Å². The average molecular weight is 269 g/mol. The first-order chi connectivity index (χ1) is 9.58. The molecule has 3 aromatic rings. The highest BCUT2D eigenvalue weighted by Crippen LogP contribution is 2.33. The summed E-state index contributed by atoms with van der Waals surface area (Å²) >= 11 is 0. The Bertz CT molecular complexity index is 793. The van der Waals surface area contributed by atoms with Crippen molar-refractivity contribution in [3.8, 4) is 22.6 Å². The normalized spacial score (nSPS) is 10.9. The summed E-state index contributed by atoms with van der Waals surface area (Å²) < 4.78 is 6.94. The molecule has 0 amide bonds. The lowest BCUT2D eigenvalue weighted by atomic mass is 10.0. The number of fused-ring (bicyclic) bond motifs is 1. The number of hydrogen-bond donors (Lipinski definition) is 1. The van der Waals surface area contributed by atoms with Crippen LogP contribution in [0.15, 0.2) is 30.5 Å². The Labute approximate surface area is 116 Å². The van der Waals surface area contributed by atoms with E-state index in [2.05, 4.69) is 10.1 Å². The second-order valence-corrected chi connectivity index (χ2v) is 4.72. The minimum absolute atomic E-state index is 0.210. The van der Waals surface area contributed by atoms with Crippen LogP contribution in [0.4, 0.5) is 0 Å². The van der Waals surface area contributed by atoms with E-state index in [1.807, 2.05) is 26.1 Å². The van der Waals surface area contributed by atoms with Crippen molar-refractivity contribution in [2.45, 2.75) is 13.8 Å². The summed E-state index contributed by atoms with van der Waals surface area (Å²) in [6.07, 6.45) is 1.86. The van der Waals surface area contributed by atoms with Crippen LogP contribution < -0.4 is 4.74 Å². The van der Waals surface area contributed by atoms with Crippen LogP contribution in [0.5, 0.6) is 11.5 Å². The number of phenols is 1. The van der Waals surface area contributed by atoms with Gasteiger partial charge in [0.05, 0.1) is 7.11 Å². The highest BCUT2D eigenvalue weighted by molar-refractivity contribution is 5.73. The van der Waals surface area contributed by atoms with Crippen molar-refractivity contribution in [1.29, 1.82) is 0 Å². The van der Waals surface area contributed by atoms with Crippen LogP contribution in [0.1, 0.15) is 11.4 Å². The zero-order valence-electron chi connectivity index (χ0n) is 11.6. The fourth-order valence-corrected chi connectivity index (χ4v) is 2.28. The first-order valence-corrected chi connectivity index (χ1v) is 6.29. The highest BCUT2D eigenvalue weighted by Gasteiger charge is 2.10. The summed E-state index contributed by atoms with van der Waals surface area (Å²) in [5.74, 6) is 1.63. The number of rotatable bonds is 2. The van der Waals surface area contributed by atoms with Gasteiger partial charge in [0, 0.05) is 17.3 Å². The molecule has 5 nitrogen and oxygen atoms in total. The number of hydrogen-bond acceptors (Lipinski definition) is 4. The summed E-state index contributed by atoms with van der Waals surface area (Å²) in [5.41, 5.74) is 3.41. The van der Waals surface area contributed by atoms with Crippen LogP contribution in [-0.4, -0.2) is 26.8 Å². The third-order valence-corrected chi connectivity index (χ3v) is 3.24. The van der Waals surface area contributed by atoms with Crippen LogP contribution >= 0.6 is 0 Å². The third-order valence-electron chi connectivity index (χ3n) is 3.24. The lowest BCUT2D eigenvalue weighted by Crippen LogP contribution is -1.93. The number of phenolic OH excluding ortho intramolecular Hbond substituents is 1. The van der Waals surface area contributed by atoms with E-state index < -0.39 is 0 Å². The monoisotopic (exact) mass is 269 g/mol. The predicted molar refractivity (Wildman–Crippen MR) is 76.1 cm³/mol. The Kier molecular flexibility index (Phi) is 2.82. The Hall–Kier alpha value is -2.56. The molecule has 1 N–H and O–H groups in total. The van der Waals surface area contributed by atoms with Gasteiger partial charge in [0.15, 0.2) is 5.65 Å². The molecule has 0 spiro atoms. The van der Waals surface area contributed by atoms with Crippen molar-refractivity contribution in [2.24, 2.45) is 0 Å². The van der Waals surface area contributed by atoms with Gasteiger partial charge in [-0.25, -0.2) is 9.50 Å². The van der Waals surface area contributed by atoms with Gasteiger partial charge in [0.1, 0.15) is 17.3 Å².